The first-order valence-corrected chi connectivity index (χ1v) is 11.3. The summed E-state index contributed by atoms with van der Waals surface area (Å²) in [5.74, 6) is -0.468. The molecule has 31 heavy (non-hydrogen) atoms. The molecule has 0 radical (unpaired) electrons. The SMILES string of the molecule is CNC(=O)CCC(C)(C)OCCC(C)(C)NC(=O)CCCN1C(=O)CC(C(C)C)C1=O. The van der Waals surface area contributed by atoms with Gasteiger partial charge in [-0.15, -0.1) is 0 Å². The van der Waals surface area contributed by atoms with Crippen LogP contribution in [0.25, 0.3) is 0 Å². The third-order valence-electron chi connectivity index (χ3n) is 5.80. The van der Waals surface area contributed by atoms with Crippen LogP contribution in [0.5, 0.6) is 0 Å². The Morgan fingerprint density at radius 2 is 1.74 bits per heavy atom. The Balaban J connectivity index is 2.35. The maximum atomic E-state index is 12.4. The zero-order valence-electron chi connectivity index (χ0n) is 20.3. The van der Waals surface area contributed by atoms with Gasteiger partial charge < -0.3 is 15.4 Å². The average molecular weight is 440 g/mol. The molecule has 1 fully saturated rings. The first-order chi connectivity index (χ1) is 14.3. The molecule has 1 aliphatic rings. The highest BCUT2D eigenvalue weighted by Crippen LogP contribution is 2.26. The number of likely N-dealkylation sites (tertiary alicyclic amines) is 1. The van der Waals surface area contributed by atoms with Gasteiger partial charge in [-0.3, -0.25) is 24.1 Å². The molecule has 4 amide bonds. The smallest absolute Gasteiger partial charge is 0.233 e. The summed E-state index contributed by atoms with van der Waals surface area (Å²) in [7, 11) is 1.62. The fourth-order valence-corrected chi connectivity index (χ4v) is 3.56. The number of hydrogen-bond acceptors (Lipinski definition) is 5. The van der Waals surface area contributed by atoms with E-state index in [-0.39, 0.29) is 54.9 Å². The molecular weight excluding hydrogens is 398 g/mol. The highest BCUT2D eigenvalue weighted by atomic mass is 16.5. The van der Waals surface area contributed by atoms with Gasteiger partial charge in [0.1, 0.15) is 0 Å². The second-order valence-electron chi connectivity index (χ2n) is 10.0. The van der Waals surface area contributed by atoms with Crippen molar-refractivity contribution < 1.29 is 23.9 Å². The van der Waals surface area contributed by atoms with Gasteiger partial charge in [0.15, 0.2) is 0 Å². The fraction of sp³-hybridized carbons (Fsp3) is 0.826. The van der Waals surface area contributed by atoms with Crippen LogP contribution < -0.4 is 10.6 Å². The molecule has 0 aliphatic carbocycles. The first kappa shape index (κ1) is 27.1. The van der Waals surface area contributed by atoms with Gasteiger partial charge in [0.25, 0.3) is 0 Å². The minimum absolute atomic E-state index is 0.0127. The van der Waals surface area contributed by atoms with Crippen LogP contribution in [-0.2, 0) is 23.9 Å². The second kappa shape index (κ2) is 11.6. The van der Waals surface area contributed by atoms with E-state index in [0.717, 1.165) is 0 Å². The van der Waals surface area contributed by atoms with Gasteiger partial charge in [0.05, 0.1) is 5.60 Å². The zero-order valence-corrected chi connectivity index (χ0v) is 20.3. The van der Waals surface area contributed by atoms with Crippen molar-refractivity contribution in [3.8, 4) is 0 Å². The van der Waals surface area contributed by atoms with Gasteiger partial charge >= 0.3 is 0 Å². The van der Waals surface area contributed by atoms with Crippen molar-refractivity contribution in [2.45, 2.75) is 91.2 Å². The van der Waals surface area contributed by atoms with Crippen LogP contribution in [0.2, 0.25) is 0 Å². The lowest BCUT2D eigenvalue weighted by Crippen LogP contribution is -2.45. The minimum Gasteiger partial charge on any atom is -0.375 e. The molecule has 1 rings (SSSR count). The summed E-state index contributed by atoms with van der Waals surface area (Å²) in [5.41, 5.74) is -0.870. The number of nitrogens with one attached hydrogen (secondary N) is 2. The van der Waals surface area contributed by atoms with Crippen molar-refractivity contribution >= 4 is 23.6 Å². The number of carbonyl (C=O) groups excluding carboxylic acids is 4. The predicted molar refractivity (Wildman–Crippen MR) is 119 cm³/mol. The molecule has 1 atom stereocenters. The largest absolute Gasteiger partial charge is 0.375 e. The Hall–Kier alpha value is -1.96. The summed E-state index contributed by atoms with van der Waals surface area (Å²) in [6, 6.07) is 0. The average Bonchev–Trinajstić information content (AvgIpc) is 2.93. The topological polar surface area (TPSA) is 105 Å². The number of ether oxygens (including phenoxy) is 1. The third-order valence-corrected chi connectivity index (χ3v) is 5.80. The second-order valence-corrected chi connectivity index (χ2v) is 10.0. The molecular formula is C23H41N3O5. The quantitative estimate of drug-likeness (QED) is 0.429. The Kier molecular flexibility index (Phi) is 10.1. The minimum atomic E-state index is -0.448. The molecule has 0 aromatic carbocycles. The Morgan fingerprint density at radius 1 is 1.10 bits per heavy atom. The van der Waals surface area contributed by atoms with Gasteiger partial charge in [0, 0.05) is 50.9 Å². The summed E-state index contributed by atoms with van der Waals surface area (Å²) in [4.78, 5) is 49.5. The van der Waals surface area contributed by atoms with Gasteiger partial charge in [-0.05, 0) is 52.9 Å². The van der Waals surface area contributed by atoms with Gasteiger partial charge in [-0.1, -0.05) is 13.8 Å². The molecule has 1 heterocycles. The van der Waals surface area contributed by atoms with E-state index in [9.17, 15) is 19.2 Å². The number of rotatable bonds is 13. The van der Waals surface area contributed by atoms with Crippen molar-refractivity contribution in [2.75, 3.05) is 20.2 Å². The molecule has 0 spiro atoms. The van der Waals surface area contributed by atoms with E-state index in [1.165, 1.54) is 4.90 Å². The van der Waals surface area contributed by atoms with Gasteiger partial charge in [0.2, 0.25) is 23.6 Å². The van der Waals surface area contributed by atoms with Crippen LogP contribution in [0, 0.1) is 11.8 Å². The molecule has 0 aromatic rings. The van der Waals surface area contributed by atoms with Crippen LogP contribution >= 0.6 is 0 Å². The van der Waals surface area contributed by atoms with Crippen LogP contribution in [0.15, 0.2) is 0 Å². The summed E-state index contributed by atoms with van der Waals surface area (Å²) < 4.78 is 5.93. The van der Waals surface area contributed by atoms with E-state index in [0.29, 0.717) is 32.3 Å². The summed E-state index contributed by atoms with van der Waals surface area (Å²) in [5, 5.41) is 5.61. The summed E-state index contributed by atoms with van der Waals surface area (Å²) in [6.45, 7) is 12.4. The molecule has 1 aliphatic heterocycles. The molecule has 0 saturated carbocycles. The van der Waals surface area contributed by atoms with Gasteiger partial charge in [-0.2, -0.15) is 0 Å². The Labute approximate surface area is 186 Å². The van der Waals surface area contributed by atoms with Crippen LogP contribution in [0.3, 0.4) is 0 Å². The Bertz CT molecular complexity index is 658. The molecule has 0 aromatic heterocycles. The van der Waals surface area contributed by atoms with E-state index in [1.54, 1.807) is 7.05 Å². The third kappa shape index (κ3) is 9.37. The number of nitrogens with zero attached hydrogens (tertiary/aromatic N) is 1. The van der Waals surface area contributed by atoms with Crippen LogP contribution in [-0.4, -0.2) is 59.9 Å². The standard InChI is InChI=1S/C23H41N3O5/c1-16(2)17-15-20(29)26(21(17)30)13-8-9-19(28)25-22(3,4)12-14-31-23(5,6)11-10-18(27)24-7/h16-17H,8-15H2,1-7H3,(H,24,27)(H,25,28). The van der Waals surface area contributed by atoms with E-state index in [2.05, 4.69) is 10.6 Å². The molecule has 178 valence electrons. The summed E-state index contributed by atoms with van der Waals surface area (Å²) >= 11 is 0. The predicted octanol–water partition coefficient (Wildman–Crippen LogP) is 2.40. The molecule has 8 heteroatoms. The van der Waals surface area contributed by atoms with E-state index >= 15 is 0 Å². The number of amides is 4. The highest BCUT2D eigenvalue weighted by molar-refractivity contribution is 6.03. The fourth-order valence-electron chi connectivity index (χ4n) is 3.56. The Morgan fingerprint density at radius 3 is 2.29 bits per heavy atom. The van der Waals surface area contributed by atoms with Crippen LogP contribution in [0.1, 0.15) is 80.1 Å². The monoisotopic (exact) mass is 439 g/mol. The maximum absolute atomic E-state index is 12.4. The first-order valence-electron chi connectivity index (χ1n) is 11.3. The lowest BCUT2D eigenvalue weighted by atomic mass is 9.94. The molecule has 1 saturated heterocycles. The lowest BCUT2D eigenvalue weighted by Gasteiger charge is -2.30. The van der Waals surface area contributed by atoms with Gasteiger partial charge in [-0.25, -0.2) is 0 Å². The molecule has 1 unspecified atom stereocenters. The normalized spacial score (nSPS) is 17.4. The number of imide groups is 1. The van der Waals surface area contributed by atoms with Crippen molar-refractivity contribution in [1.29, 1.82) is 0 Å². The number of carbonyl (C=O) groups is 4. The van der Waals surface area contributed by atoms with Crippen molar-refractivity contribution in [3.05, 3.63) is 0 Å². The molecule has 8 nitrogen and oxygen atoms in total. The van der Waals surface area contributed by atoms with Crippen LogP contribution in [0.4, 0.5) is 0 Å². The summed E-state index contributed by atoms with van der Waals surface area (Å²) in [6.07, 6.45) is 2.63. The van der Waals surface area contributed by atoms with E-state index in [1.807, 2.05) is 41.5 Å². The van der Waals surface area contributed by atoms with E-state index < -0.39 is 11.1 Å². The van der Waals surface area contributed by atoms with Crippen molar-refractivity contribution in [3.63, 3.8) is 0 Å². The zero-order chi connectivity index (χ0) is 23.8. The van der Waals surface area contributed by atoms with E-state index in [4.69, 9.17) is 4.74 Å². The molecule has 2 N–H and O–H groups in total. The van der Waals surface area contributed by atoms with Crippen molar-refractivity contribution in [1.82, 2.24) is 15.5 Å². The van der Waals surface area contributed by atoms with Crippen molar-refractivity contribution in [2.24, 2.45) is 11.8 Å². The lowest BCUT2D eigenvalue weighted by molar-refractivity contribution is -0.140. The highest BCUT2D eigenvalue weighted by Gasteiger charge is 2.39. The maximum Gasteiger partial charge on any atom is 0.233 e. The molecule has 0 bridgehead atoms. The number of hydrogen-bond donors (Lipinski definition) is 2.